The molecule has 13 heteroatoms. The van der Waals surface area contributed by atoms with Gasteiger partial charge in [0.1, 0.15) is 5.75 Å². The number of nitrogens with zero attached hydrogens (tertiary/aromatic N) is 3. The van der Waals surface area contributed by atoms with E-state index in [9.17, 15) is 27.6 Å². The molecule has 0 N–H and O–H groups in total. The summed E-state index contributed by atoms with van der Waals surface area (Å²) in [6.45, 7) is 4.09. The molecule has 0 aliphatic carbocycles. The number of alkyl halides is 3. The number of methoxy groups -OCH3 is 1. The van der Waals surface area contributed by atoms with Crippen molar-refractivity contribution in [3.8, 4) is 5.75 Å². The van der Waals surface area contributed by atoms with Gasteiger partial charge in [-0.3, -0.25) is 9.59 Å². The molecule has 0 aromatic heterocycles. The number of amides is 2. The number of anilines is 1. The molecule has 38 heavy (non-hydrogen) atoms. The molecule has 1 aliphatic heterocycles. The van der Waals surface area contributed by atoms with Gasteiger partial charge in [0.15, 0.2) is 6.04 Å². The van der Waals surface area contributed by atoms with Crippen LogP contribution in [0.3, 0.4) is 0 Å². The first kappa shape index (κ1) is 29.4. The van der Waals surface area contributed by atoms with E-state index in [-0.39, 0.29) is 23.7 Å². The van der Waals surface area contributed by atoms with Gasteiger partial charge in [-0.1, -0.05) is 55.2 Å². The third kappa shape index (κ3) is 6.63. The van der Waals surface area contributed by atoms with Gasteiger partial charge in [0, 0.05) is 37.8 Å². The van der Waals surface area contributed by atoms with Crippen molar-refractivity contribution in [2.75, 3.05) is 38.2 Å². The van der Waals surface area contributed by atoms with E-state index in [4.69, 9.17) is 27.9 Å². The summed E-state index contributed by atoms with van der Waals surface area (Å²) in [6, 6.07) is 9.03. The Bertz CT molecular complexity index is 1170. The first-order chi connectivity index (χ1) is 17.8. The molecule has 0 bridgehead atoms. The molecule has 0 saturated carbocycles. The lowest BCUT2D eigenvalue weighted by molar-refractivity contribution is -0.236. The van der Waals surface area contributed by atoms with Gasteiger partial charge in [0.05, 0.1) is 22.8 Å². The number of benzene rings is 2. The zero-order valence-corrected chi connectivity index (χ0v) is 22.3. The van der Waals surface area contributed by atoms with Gasteiger partial charge in [-0.25, -0.2) is 4.79 Å². The van der Waals surface area contributed by atoms with Crippen molar-refractivity contribution in [1.29, 1.82) is 0 Å². The summed E-state index contributed by atoms with van der Waals surface area (Å²) in [5.41, 5.74) is 0.595. The Balaban J connectivity index is 1.84. The van der Waals surface area contributed by atoms with Gasteiger partial charge in [-0.15, -0.1) is 0 Å². The van der Waals surface area contributed by atoms with E-state index in [0.29, 0.717) is 34.6 Å². The van der Waals surface area contributed by atoms with Gasteiger partial charge in [-0.2, -0.15) is 18.2 Å². The van der Waals surface area contributed by atoms with Gasteiger partial charge < -0.3 is 19.4 Å². The van der Waals surface area contributed by atoms with E-state index < -0.39 is 35.9 Å². The topological polar surface area (TPSA) is 79.4 Å². The van der Waals surface area contributed by atoms with Crippen LogP contribution >= 0.6 is 23.2 Å². The van der Waals surface area contributed by atoms with Gasteiger partial charge in [0.2, 0.25) is 5.91 Å². The monoisotopic (exact) mass is 575 g/mol. The highest BCUT2D eigenvalue weighted by atomic mass is 35.5. The number of piperazine rings is 1. The van der Waals surface area contributed by atoms with Crippen LogP contribution in [0.1, 0.15) is 24.2 Å². The Kier molecular flexibility index (Phi) is 9.37. The van der Waals surface area contributed by atoms with Crippen LogP contribution in [-0.4, -0.2) is 73.3 Å². The molecule has 8 nitrogen and oxygen atoms in total. The van der Waals surface area contributed by atoms with Crippen LogP contribution in [0, 0.1) is 5.92 Å². The number of halogens is 5. The molecule has 0 radical (unpaired) electrons. The highest BCUT2D eigenvalue weighted by molar-refractivity contribution is 6.37. The van der Waals surface area contributed by atoms with Crippen LogP contribution in [0.25, 0.3) is 0 Å². The lowest BCUT2D eigenvalue weighted by Crippen LogP contribution is -2.58. The molecule has 2 aromatic rings. The molecule has 0 spiro atoms. The summed E-state index contributed by atoms with van der Waals surface area (Å²) in [6.07, 6.45) is -5.37. The van der Waals surface area contributed by atoms with Crippen molar-refractivity contribution in [3.05, 3.63) is 58.1 Å². The van der Waals surface area contributed by atoms with Crippen molar-refractivity contribution < 1.29 is 37.1 Å². The van der Waals surface area contributed by atoms with E-state index in [1.165, 1.54) is 36.3 Å². The molecular weight excluding hydrogens is 550 g/mol. The number of rotatable bonds is 6. The molecule has 1 atom stereocenters. The molecule has 2 aromatic carbocycles. The van der Waals surface area contributed by atoms with Crippen molar-refractivity contribution in [2.24, 2.45) is 5.92 Å². The average molecular weight is 576 g/mol. The predicted octanol–water partition coefficient (Wildman–Crippen LogP) is 4.84. The third-order valence-corrected chi connectivity index (χ3v) is 6.52. The summed E-state index contributed by atoms with van der Waals surface area (Å²) >= 11 is 12.5. The second-order valence-corrected chi connectivity index (χ2v) is 9.63. The highest BCUT2D eigenvalue weighted by Gasteiger charge is 2.47. The number of ether oxygens (including phenoxy) is 1. The first-order valence-electron chi connectivity index (χ1n) is 11.6. The maximum Gasteiger partial charge on any atom is 0.493 e. The van der Waals surface area contributed by atoms with Crippen molar-refractivity contribution in [2.45, 2.75) is 26.1 Å². The average Bonchev–Trinajstić information content (AvgIpc) is 2.87. The molecule has 2 amide bonds. The fraction of sp³-hybridized carbons (Fsp3) is 0.400. The van der Waals surface area contributed by atoms with Crippen LogP contribution in [0.5, 0.6) is 5.75 Å². The zero-order chi connectivity index (χ0) is 28.2. The molecular formula is C25H26Cl2F3N3O5. The Morgan fingerprint density at radius 3 is 2.11 bits per heavy atom. The first-order valence-corrected chi connectivity index (χ1v) is 12.3. The van der Waals surface area contributed by atoms with E-state index >= 15 is 0 Å². The minimum Gasteiger partial charge on any atom is -0.495 e. The fourth-order valence-electron chi connectivity index (χ4n) is 4.00. The Hall–Kier alpha value is -3.18. The Morgan fingerprint density at radius 2 is 1.58 bits per heavy atom. The van der Waals surface area contributed by atoms with E-state index in [2.05, 4.69) is 4.84 Å². The zero-order valence-electron chi connectivity index (χ0n) is 20.8. The maximum absolute atomic E-state index is 13.6. The van der Waals surface area contributed by atoms with Crippen molar-refractivity contribution in [3.63, 3.8) is 0 Å². The number of carbonyl (C=O) groups is 3. The summed E-state index contributed by atoms with van der Waals surface area (Å²) in [4.78, 5) is 46.3. The second-order valence-electron chi connectivity index (χ2n) is 8.81. The molecule has 1 heterocycles. The third-order valence-electron chi connectivity index (χ3n) is 5.92. The van der Waals surface area contributed by atoms with E-state index in [1.807, 2.05) is 4.90 Å². The SMILES string of the molecule is COc1cc(N2CCN(C(=O)[C@@H](C(C)C)N(OC(=O)C(F)(F)F)C(=O)c3ccccc3)CC2)c(Cl)cc1Cl. The predicted molar refractivity (Wildman–Crippen MR) is 135 cm³/mol. The minimum absolute atomic E-state index is 0.0444. The van der Waals surface area contributed by atoms with E-state index in [0.717, 1.165) is 0 Å². The van der Waals surface area contributed by atoms with Crippen LogP contribution in [0.2, 0.25) is 10.0 Å². The molecule has 206 valence electrons. The number of hydrogen-bond acceptors (Lipinski definition) is 6. The van der Waals surface area contributed by atoms with Crippen LogP contribution in [-0.2, 0) is 14.4 Å². The number of hydroxylamine groups is 2. The number of carbonyl (C=O) groups excluding carboxylic acids is 3. The lowest BCUT2D eigenvalue weighted by atomic mass is 10.0. The van der Waals surface area contributed by atoms with Gasteiger partial charge in [-0.05, 0) is 24.1 Å². The maximum atomic E-state index is 13.6. The molecule has 1 fully saturated rings. The molecule has 1 aliphatic rings. The molecule has 1 saturated heterocycles. The largest absolute Gasteiger partial charge is 0.495 e. The lowest BCUT2D eigenvalue weighted by Gasteiger charge is -2.40. The van der Waals surface area contributed by atoms with Crippen LogP contribution in [0.4, 0.5) is 18.9 Å². The summed E-state index contributed by atoms with van der Waals surface area (Å²) in [5.74, 6) is -4.57. The molecule has 3 rings (SSSR count). The fourth-order valence-corrected chi connectivity index (χ4v) is 4.58. The van der Waals surface area contributed by atoms with Crippen molar-refractivity contribution in [1.82, 2.24) is 9.96 Å². The smallest absolute Gasteiger partial charge is 0.493 e. The summed E-state index contributed by atoms with van der Waals surface area (Å²) in [7, 11) is 1.47. The molecule has 0 unspecified atom stereocenters. The highest BCUT2D eigenvalue weighted by Crippen LogP contribution is 2.36. The summed E-state index contributed by atoms with van der Waals surface area (Å²) < 4.78 is 44.5. The normalized spacial score (nSPS) is 14.8. The van der Waals surface area contributed by atoms with Crippen LogP contribution < -0.4 is 9.64 Å². The quantitative estimate of drug-likeness (QED) is 0.459. The Labute approximate surface area is 227 Å². The second kappa shape index (κ2) is 12.1. The Morgan fingerprint density at radius 1 is 0.974 bits per heavy atom. The van der Waals surface area contributed by atoms with Crippen LogP contribution in [0.15, 0.2) is 42.5 Å². The van der Waals surface area contributed by atoms with E-state index in [1.54, 1.807) is 32.0 Å². The van der Waals surface area contributed by atoms with Crippen molar-refractivity contribution >= 4 is 46.7 Å². The minimum atomic E-state index is -5.37. The van der Waals surface area contributed by atoms with Gasteiger partial charge >= 0.3 is 12.1 Å². The summed E-state index contributed by atoms with van der Waals surface area (Å²) in [5, 5.41) is 0.964. The van der Waals surface area contributed by atoms with Gasteiger partial charge in [0.25, 0.3) is 5.91 Å². The number of hydrogen-bond donors (Lipinski definition) is 0. The standard InChI is InChI=1S/C25H26Cl2F3N3O5/c1-15(2)21(33(38-24(36)25(28,29)30)22(34)16-7-5-4-6-8-16)23(35)32-11-9-31(10-12-32)19-14-20(37-3)18(27)13-17(19)26/h4-8,13-15,21H,9-12H2,1-3H3/t21-/m1/s1.